The van der Waals surface area contributed by atoms with Gasteiger partial charge in [-0.05, 0) is 18.5 Å². The molecule has 0 aliphatic heterocycles. The van der Waals surface area contributed by atoms with Crippen molar-refractivity contribution in [2.45, 2.75) is 26.3 Å². The fourth-order valence-corrected chi connectivity index (χ4v) is 2.08. The number of nitrogens with one attached hydrogen (secondary N) is 1. The molecule has 3 nitrogen and oxygen atoms in total. The summed E-state index contributed by atoms with van der Waals surface area (Å²) in [6.45, 7) is 5.32. The summed E-state index contributed by atoms with van der Waals surface area (Å²) < 4.78 is 0. The minimum atomic E-state index is 0.436. The van der Waals surface area contributed by atoms with E-state index in [2.05, 4.69) is 53.4 Å². The summed E-state index contributed by atoms with van der Waals surface area (Å²) in [5.74, 6) is 0. The Morgan fingerprint density at radius 1 is 1.11 bits per heavy atom. The SMILES string of the molecule is CCNC(CC)c1ccc(-c2cnccn2)cc1. The third kappa shape index (κ3) is 2.93. The predicted octanol–water partition coefficient (Wildman–Crippen LogP) is 3.20. The molecule has 1 aromatic heterocycles. The molecule has 0 fully saturated rings. The van der Waals surface area contributed by atoms with Gasteiger partial charge in [-0.15, -0.1) is 0 Å². The van der Waals surface area contributed by atoms with Crippen LogP contribution in [0, 0.1) is 0 Å². The second-order valence-corrected chi connectivity index (χ2v) is 4.23. The van der Waals surface area contributed by atoms with E-state index in [1.54, 1.807) is 18.6 Å². The lowest BCUT2D eigenvalue weighted by molar-refractivity contribution is 0.537. The van der Waals surface area contributed by atoms with Crippen LogP contribution in [0.5, 0.6) is 0 Å². The molecule has 0 radical (unpaired) electrons. The van der Waals surface area contributed by atoms with E-state index < -0.39 is 0 Å². The van der Waals surface area contributed by atoms with Crippen LogP contribution in [0.2, 0.25) is 0 Å². The molecule has 0 bridgehead atoms. The smallest absolute Gasteiger partial charge is 0.0885 e. The molecule has 1 atom stereocenters. The standard InChI is InChI=1S/C15H19N3/c1-3-14(17-4-2)12-5-7-13(8-6-12)15-11-16-9-10-18-15/h5-11,14,17H,3-4H2,1-2H3. The summed E-state index contributed by atoms with van der Waals surface area (Å²) in [5.41, 5.74) is 3.35. The van der Waals surface area contributed by atoms with Crippen molar-refractivity contribution < 1.29 is 0 Å². The van der Waals surface area contributed by atoms with Gasteiger partial charge in [-0.2, -0.15) is 0 Å². The second-order valence-electron chi connectivity index (χ2n) is 4.23. The van der Waals surface area contributed by atoms with Crippen molar-refractivity contribution in [2.75, 3.05) is 6.54 Å². The Kier molecular flexibility index (Phi) is 4.42. The average molecular weight is 241 g/mol. The van der Waals surface area contributed by atoms with Crippen LogP contribution in [0.4, 0.5) is 0 Å². The van der Waals surface area contributed by atoms with E-state index in [1.807, 2.05) is 0 Å². The maximum Gasteiger partial charge on any atom is 0.0885 e. The van der Waals surface area contributed by atoms with E-state index in [9.17, 15) is 0 Å². The van der Waals surface area contributed by atoms with Gasteiger partial charge in [0, 0.05) is 24.0 Å². The quantitative estimate of drug-likeness (QED) is 0.873. The summed E-state index contributed by atoms with van der Waals surface area (Å²) in [5, 5.41) is 3.48. The molecule has 1 unspecified atom stereocenters. The first kappa shape index (κ1) is 12.7. The molecule has 94 valence electrons. The van der Waals surface area contributed by atoms with E-state index in [0.717, 1.165) is 24.2 Å². The van der Waals surface area contributed by atoms with E-state index in [0.29, 0.717) is 6.04 Å². The molecule has 0 aliphatic rings. The Morgan fingerprint density at radius 2 is 1.89 bits per heavy atom. The third-order valence-corrected chi connectivity index (χ3v) is 3.03. The van der Waals surface area contributed by atoms with Gasteiger partial charge in [0.05, 0.1) is 11.9 Å². The Balaban J connectivity index is 2.19. The van der Waals surface area contributed by atoms with E-state index >= 15 is 0 Å². The topological polar surface area (TPSA) is 37.8 Å². The third-order valence-electron chi connectivity index (χ3n) is 3.03. The summed E-state index contributed by atoms with van der Waals surface area (Å²) in [7, 11) is 0. The van der Waals surface area contributed by atoms with Gasteiger partial charge in [0.2, 0.25) is 0 Å². The molecule has 1 aromatic carbocycles. The molecule has 0 saturated carbocycles. The highest BCUT2D eigenvalue weighted by molar-refractivity contribution is 5.58. The van der Waals surface area contributed by atoms with Crippen LogP contribution in [0.3, 0.4) is 0 Å². The monoisotopic (exact) mass is 241 g/mol. The number of benzene rings is 1. The molecule has 18 heavy (non-hydrogen) atoms. The molecule has 1 heterocycles. The Hall–Kier alpha value is -1.74. The largest absolute Gasteiger partial charge is 0.310 e. The number of rotatable bonds is 5. The van der Waals surface area contributed by atoms with Crippen LogP contribution in [0.1, 0.15) is 31.9 Å². The van der Waals surface area contributed by atoms with Gasteiger partial charge in [0.1, 0.15) is 0 Å². The molecule has 0 aliphatic carbocycles. The summed E-state index contributed by atoms with van der Waals surface area (Å²) in [6.07, 6.45) is 6.29. The van der Waals surface area contributed by atoms with Gasteiger partial charge < -0.3 is 5.32 Å². The van der Waals surface area contributed by atoms with Crippen molar-refractivity contribution in [3.63, 3.8) is 0 Å². The first-order valence-electron chi connectivity index (χ1n) is 6.44. The normalized spacial score (nSPS) is 12.3. The molecule has 0 saturated heterocycles. The molecule has 1 N–H and O–H groups in total. The zero-order valence-corrected chi connectivity index (χ0v) is 10.9. The average Bonchev–Trinajstić information content (AvgIpc) is 2.46. The molecule has 3 heteroatoms. The van der Waals surface area contributed by atoms with Crippen molar-refractivity contribution in [2.24, 2.45) is 0 Å². The van der Waals surface area contributed by atoms with E-state index in [4.69, 9.17) is 0 Å². The van der Waals surface area contributed by atoms with Gasteiger partial charge >= 0.3 is 0 Å². The summed E-state index contributed by atoms with van der Waals surface area (Å²) >= 11 is 0. The highest BCUT2D eigenvalue weighted by atomic mass is 14.9. The zero-order valence-electron chi connectivity index (χ0n) is 10.9. The lowest BCUT2D eigenvalue weighted by Crippen LogP contribution is -2.19. The van der Waals surface area contributed by atoms with Crippen molar-refractivity contribution >= 4 is 0 Å². The highest BCUT2D eigenvalue weighted by Crippen LogP contribution is 2.21. The number of hydrogen-bond acceptors (Lipinski definition) is 3. The zero-order chi connectivity index (χ0) is 12.8. The van der Waals surface area contributed by atoms with Gasteiger partial charge in [0.15, 0.2) is 0 Å². The summed E-state index contributed by atoms with van der Waals surface area (Å²) in [4.78, 5) is 8.39. The van der Waals surface area contributed by atoms with Gasteiger partial charge in [-0.25, -0.2) is 0 Å². The number of aromatic nitrogens is 2. The van der Waals surface area contributed by atoms with Crippen LogP contribution < -0.4 is 5.32 Å². The molecular weight excluding hydrogens is 222 g/mol. The highest BCUT2D eigenvalue weighted by Gasteiger charge is 2.07. The Bertz CT molecular complexity index is 465. The van der Waals surface area contributed by atoms with Crippen LogP contribution in [0.25, 0.3) is 11.3 Å². The summed E-state index contributed by atoms with van der Waals surface area (Å²) in [6, 6.07) is 8.99. The maximum atomic E-state index is 4.30. The molecular formula is C15H19N3. The van der Waals surface area contributed by atoms with E-state index in [1.165, 1.54) is 5.56 Å². The lowest BCUT2D eigenvalue weighted by atomic mass is 10.0. The number of nitrogens with zero attached hydrogens (tertiary/aromatic N) is 2. The fourth-order valence-electron chi connectivity index (χ4n) is 2.08. The van der Waals surface area contributed by atoms with Crippen LogP contribution in [0.15, 0.2) is 42.9 Å². The molecule has 2 aromatic rings. The van der Waals surface area contributed by atoms with Crippen LogP contribution in [-0.2, 0) is 0 Å². The molecule has 0 spiro atoms. The van der Waals surface area contributed by atoms with Gasteiger partial charge in [-0.3, -0.25) is 9.97 Å². The first-order chi connectivity index (χ1) is 8.85. The van der Waals surface area contributed by atoms with Crippen molar-refractivity contribution in [1.29, 1.82) is 0 Å². The van der Waals surface area contributed by atoms with Crippen LogP contribution in [-0.4, -0.2) is 16.5 Å². The minimum absolute atomic E-state index is 0.436. The van der Waals surface area contributed by atoms with Crippen LogP contribution >= 0.6 is 0 Å². The minimum Gasteiger partial charge on any atom is -0.310 e. The van der Waals surface area contributed by atoms with Crippen molar-refractivity contribution in [3.8, 4) is 11.3 Å². The van der Waals surface area contributed by atoms with Crippen molar-refractivity contribution in [1.82, 2.24) is 15.3 Å². The lowest BCUT2D eigenvalue weighted by Gasteiger charge is -2.16. The van der Waals surface area contributed by atoms with Gasteiger partial charge in [-0.1, -0.05) is 38.1 Å². The first-order valence-corrected chi connectivity index (χ1v) is 6.44. The molecule has 0 amide bonds. The fraction of sp³-hybridized carbons (Fsp3) is 0.333. The number of hydrogen-bond donors (Lipinski definition) is 1. The Labute approximate surface area is 108 Å². The predicted molar refractivity (Wildman–Crippen MR) is 74.2 cm³/mol. The van der Waals surface area contributed by atoms with Crippen molar-refractivity contribution in [3.05, 3.63) is 48.4 Å². The van der Waals surface area contributed by atoms with Gasteiger partial charge in [0.25, 0.3) is 0 Å². The maximum absolute atomic E-state index is 4.30. The molecule has 2 rings (SSSR count). The second kappa shape index (κ2) is 6.26. The Morgan fingerprint density at radius 3 is 2.44 bits per heavy atom. The van der Waals surface area contributed by atoms with E-state index in [-0.39, 0.29) is 0 Å².